The summed E-state index contributed by atoms with van der Waals surface area (Å²) in [4.78, 5) is 27.2. The third-order valence-electron chi connectivity index (χ3n) is 3.61. The molecule has 1 aromatic rings. The maximum atomic E-state index is 13.6. The maximum Gasteiger partial charge on any atom is 0.232 e. The van der Waals surface area contributed by atoms with E-state index in [4.69, 9.17) is 4.74 Å². The van der Waals surface area contributed by atoms with E-state index in [-0.39, 0.29) is 35.7 Å². The van der Waals surface area contributed by atoms with Crippen molar-refractivity contribution in [2.45, 2.75) is 6.54 Å². The van der Waals surface area contributed by atoms with Crippen LogP contribution in [0, 0.1) is 5.82 Å². The predicted molar refractivity (Wildman–Crippen MR) is 87.6 cm³/mol. The molecule has 1 aliphatic heterocycles. The minimum Gasteiger partial charge on any atom is -0.378 e. The lowest BCUT2D eigenvalue weighted by molar-refractivity contribution is -0.132. The highest BCUT2D eigenvalue weighted by Crippen LogP contribution is 2.11. The standard InChI is InChI=1S/C16H21FN2O3S/c1-18(10-13-4-2-3-5-14(13)17)15(20)11-23-12-16(21)19-6-8-22-9-7-19/h2-5H,6-12H2,1H3. The normalized spacial score (nSPS) is 14.6. The third-order valence-corrected chi connectivity index (χ3v) is 4.51. The Bertz CT molecular complexity index is 550. The number of morpholine rings is 1. The summed E-state index contributed by atoms with van der Waals surface area (Å²) in [5, 5.41) is 0. The van der Waals surface area contributed by atoms with Crippen LogP contribution >= 0.6 is 11.8 Å². The number of carbonyl (C=O) groups is 2. The van der Waals surface area contributed by atoms with E-state index in [1.54, 1.807) is 30.1 Å². The van der Waals surface area contributed by atoms with Crippen molar-refractivity contribution in [3.05, 3.63) is 35.6 Å². The van der Waals surface area contributed by atoms with Crippen LogP contribution in [0.2, 0.25) is 0 Å². The van der Waals surface area contributed by atoms with Crippen molar-refractivity contribution >= 4 is 23.6 Å². The van der Waals surface area contributed by atoms with Crippen molar-refractivity contribution in [1.82, 2.24) is 9.80 Å². The molecule has 0 radical (unpaired) electrons. The summed E-state index contributed by atoms with van der Waals surface area (Å²) in [7, 11) is 1.64. The molecule has 7 heteroatoms. The van der Waals surface area contributed by atoms with Crippen LogP contribution < -0.4 is 0 Å². The van der Waals surface area contributed by atoms with Crippen molar-refractivity contribution < 1.29 is 18.7 Å². The minimum absolute atomic E-state index is 0.0304. The smallest absolute Gasteiger partial charge is 0.232 e. The first-order chi connectivity index (χ1) is 11.1. The fourth-order valence-corrected chi connectivity index (χ4v) is 3.06. The fraction of sp³-hybridized carbons (Fsp3) is 0.500. The van der Waals surface area contributed by atoms with Gasteiger partial charge in [0.05, 0.1) is 24.7 Å². The zero-order valence-corrected chi connectivity index (χ0v) is 14.0. The van der Waals surface area contributed by atoms with Crippen LogP contribution in [-0.4, -0.2) is 66.5 Å². The number of hydrogen-bond donors (Lipinski definition) is 0. The largest absolute Gasteiger partial charge is 0.378 e. The van der Waals surface area contributed by atoms with E-state index in [2.05, 4.69) is 0 Å². The molecule has 0 aromatic heterocycles. The number of amides is 2. The summed E-state index contributed by atoms with van der Waals surface area (Å²) >= 11 is 1.29. The molecule has 0 aliphatic carbocycles. The summed E-state index contributed by atoms with van der Waals surface area (Å²) in [5.74, 6) is 0.0820. The van der Waals surface area contributed by atoms with Gasteiger partial charge < -0.3 is 14.5 Å². The molecular formula is C16H21FN2O3S. The highest BCUT2D eigenvalue weighted by molar-refractivity contribution is 8.00. The summed E-state index contributed by atoms with van der Waals surface area (Å²) in [6, 6.07) is 6.40. The molecular weight excluding hydrogens is 319 g/mol. The van der Waals surface area contributed by atoms with Gasteiger partial charge in [-0.25, -0.2) is 4.39 Å². The Morgan fingerprint density at radius 1 is 1.26 bits per heavy atom. The molecule has 0 spiro atoms. The van der Waals surface area contributed by atoms with Crippen LogP contribution in [0.5, 0.6) is 0 Å². The van der Waals surface area contributed by atoms with Gasteiger partial charge in [0, 0.05) is 32.2 Å². The lowest BCUT2D eigenvalue weighted by atomic mass is 10.2. The monoisotopic (exact) mass is 340 g/mol. The minimum atomic E-state index is -0.317. The van der Waals surface area contributed by atoms with E-state index < -0.39 is 0 Å². The second-order valence-electron chi connectivity index (χ2n) is 5.33. The van der Waals surface area contributed by atoms with Crippen molar-refractivity contribution in [1.29, 1.82) is 0 Å². The van der Waals surface area contributed by atoms with Crippen molar-refractivity contribution in [3.63, 3.8) is 0 Å². The van der Waals surface area contributed by atoms with Crippen LogP contribution in [0.15, 0.2) is 24.3 Å². The molecule has 23 heavy (non-hydrogen) atoms. The quantitative estimate of drug-likeness (QED) is 0.785. The number of thioether (sulfide) groups is 1. The highest BCUT2D eigenvalue weighted by Gasteiger charge is 2.18. The molecule has 1 aromatic carbocycles. The number of carbonyl (C=O) groups excluding carboxylic acids is 2. The molecule has 1 fully saturated rings. The summed E-state index contributed by atoms with van der Waals surface area (Å²) < 4.78 is 18.8. The number of rotatable bonds is 6. The van der Waals surface area contributed by atoms with E-state index in [0.29, 0.717) is 31.9 Å². The Morgan fingerprint density at radius 3 is 2.65 bits per heavy atom. The van der Waals surface area contributed by atoms with Crippen molar-refractivity contribution in [2.24, 2.45) is 0 Å². The summed E-state index contributed by atoms with van der Waals surface area (Å²) in [6.07, 6.45) is 0. The summed E-state index contributed by atoms with van der Waals surface area (Å²) in [5.41, 5.74) is 0.484. The number of benzene rings is 1. The SMILES string of the molecule is CN(Cc1ccccc1F)C(=O)CSCC(=O)N1CCOCC1. The third kappa shape index (κ3) is 5.51. The fourth-order valence-electron chi connectivity index (χ4n) is 2.21. The molecule has 126 valence electrons. The lowest BCUT2D eigenvalue weighted by Crippen LogP contribution is -2.41. The first kappa shape index (κ1) is 17.7. The molecule has 1 aliphatic rings. The van der Waals surface area contributed by atoms with Crippen LogP contribution in [0.3, 0.4) is 0 Å². The predicted octanol–water partition coefficient (Wildman–Crippen LogP) is 1.38. The Kier molecular flexibility index (Phi) is 6.85. The zero-order chi connectivity index (χ0) is 16.7. The van der Waals surface area contributed by atoms with Crippen LogP contribution in [0.25, 0.3) is 0 Å². The zero-order valence-electron chi connectivity index (χ0n) is 13.2. The van der Waals surface area contributed by atoms with Gasteiger partial charge in [0.25, 0.3) is 0 Å². The van der Waals surface area contributed by atoms with E-state index in [1.165, 1.54) is 22.7 Å². The average Bonchev–Trinajstić information content (AvgIpc) is 2.57. The molecule has 1 saturated heterocycles. The molecule has 0 bridgehead atoms. The van der Waals surface area contributed by atoms with Crippen molar-refractivity contribution in [3.8, 4) is 0 Å². The van der Waals surface area contributed by atoms with Crippen molar-refractivity contribution in [2.75, 3.05) is 44.9 Å². The number of halogens is 1. The highest BCUT2D eigenvalue weighted by atomic mass is 32.2. The second-order valence-corrected chi connectivity index (χ2v) is 6.31. The Morgan fingerprint density at radius 2 is 1.96 bits per heavy atom. The molecule has 2 rings (SSSR count). The maximum absolute atomic E-state index is 13.6. The topological polar surface area (TPSA) is 49.9 Å². The average molecular weight is 340 g/mol. The molecule has 0 saturated carbocycles. The van der Waals surface area contributed by atoms with Gasteiger partial charge in [-0.3, -0.25) is 9.59 Å². The van der Waals surface area contributed by atoms with Gasteiger partial charge in [-0.15, -0.1) is 11.8 Å². The Balaban J connectivity index is 1.71. The van der Waals surface area contributed by atoms with Gasteiger partial charge >= 0.3 is 0 Å². The first-order valence-electron chi connectivity index (χ1n) is 7.48. The van der Waals surface area contributed by atoms with E-state index >= 15 is 0 Å². The first-order valence-corrected chi connectivity index (χ1v) is 8.64. The van der Waals surface area contributed by atoms with Crippen LogP contribution in [0.1, 0.15) is 5.56 Å². The van der Waals surface area contributed by atoms with E-state index in [0.717, 1.165) is 0 Å². The van der Waals surface area contributed by atoms with Gasteiger partial charge in [-0.05, 0) is 6.07 Å². The van der Waals surface area contributed by atoms with E-state index in [9.17, 15) is 14.0 Å². The van der Waals surface area contributed by atoms with Crippen LogP contribution in [0.4, 0.5) is 4.39 Å². The molecule has 1 heterocycles. The van der Waals surface area contributed by atoms with Gasteiger partial charge in [0.15, 0.2) is 0 Å². The Labute approximate surface area is 139 Å². The molecule has 0 N–H and O–H groups in total. The van der Waals surface area contributed by atoms with Gasteiger partial charge in [-0.1, -0.05) is 18.2 Å². The summed E-state index contributed by atoms with van der Waals surface area (Å²) in [6.45, 7) is 2.59. The van der Waals surface area contributed by atoms with Crippen LogP contribution in [-0.2, 0) is 20.9 Å². The lowest BCUT2D eigenvalue weighted by Gasteiger charge is -2.26. The van der Waals surface area contributed by atoms with Gasteiger partial charge in [-0.2, -0.15) is 0 Å². The number of hydrogen-bond acceptors (Lipinski definition) is 4. The van der Waals surface area contributed by atoms with Gasteiger partial charge in [0.2, 0.25) is 11.8 Å². The molecule has 2 amide bonds. The second kappa shape index (κ2) is 8.88. The Hall–Kier alpha value is -1.60. The van der Waals surface area contributed by atoms with Gasteiger partial charge in [0.1, 0.15) is 5.82 Å². The molecule has 0 atom stereocenters. The molecule has 0 unspecified atom stereocenters. The van der Waals surface area contributed by atoms with E-state index in [1.807, 2.05) is 0 Å². The number of ether oxygens (including phenoxy) is 1. The number of nitrogens with zero attached hydrogens (tertiary/aromatic N) is 2. The molecule has 5 nitrogen and oxygen atoms in total.